The van der Waals surface area contributed by atoms with Gasteiger partial charge in [0.15, 0.2) is 0 Å². The van der Waals surface area contributed by atoms with Crippen LogP contribution in [0.4, 0.5) is 4.79 Å². The SMILES string of the molecule is COC(=O)[C@H](CNC(=O)OC(C)(C)C)N1CC[C@H](CO)C1. The van der Waals surface area contributed by atoms with Crippen molar-refractivity contribution in [3.8, 4) is 0 Å². The van der Waals surface area contributed by atoms with Gasteiger partial charge in [0.1, 0.15) is 11.6 Å². The van der Waals surface area contributed by atoms with E-state index in [9.17, 15) is 14.7 Å². The van der Waals surface area contributed by atoms with Crippen LogP contribution in [0.2, 0.25) is 0 Å². The van der Waals surface area contributed by atoms with Crippen LogP contribution in [0, 0.1) is 5.92 Å². The van der Waals surface area contributed by atoms with Crippen LogP contribution in [-0.4, -0.2) is 67.1 Å². The zero-order valence-electron chi connectivity index (χ0n) is 13.2. The monoisotopic (exact) mass is 302 g/mol. The molecule has 1 amide bonds. The smallest absolute Gasteiger partial charge is 0.407 e. The molecule has 0 radical (unpaired) electrons. The van der Waals surface area contributed by atoms with E-state index >= 15 is 0 Å². The summed E-state index contributed by atoms with van der Waals surface area (Å²) in [6.45, 7) is 6.86. The number of carbonyl (C=O) groups is 2. The van der Waals surface area contributed by atoms with E-state index in [1.165, 1.54) is 7.11 Å². The van der Waals surface area contributed by atoms with Crippen LogP contribution in [0.1, 0.15) is 27.2 Å². The summed E-state index contributed by atoms with van der Waals surface area (Å²) >= 11 is 0. The van der Waals surface area contributed by atoms with E-state index in [0.717, 1.165) is 6.42 Å². The Labute approximate surface area is 125 Å². The number of nitrogens with zero attached hydrogens (tertiary/aromatic N) is 1. The minimum absolute atomic E-state index is 0.101. The van der Waals surface area contributed by atoms with E-state index < -0.39 is 23.7 Å². The van der Waals surface area contributed by atoms with Crippen LogP contribution < -0.4 is 5.32 Å². The molecule has 1 rings (SSSR count). The third kappa shape index (κ3) is 5.89. The van der Waals surface area contributed by atoms with Gasteiger partial charge in [-0.3, -0.25) is 9.69 Å². The summed E-state index contributed by atoms with van der Waals surface area (Å²) in [6, 6.07) is -0.556. The number of rotatable bonds is 5. The highest BCUT2D eigenvalue weighted by Gasteiger charge is 2.33. The number of carbonyl (C=O) groups excluding carboxylic acids is 2. The minimum atomic E-state index is -0.583. The average molecular weight is 302 g/mol. The fourth-order valence-electron chi connectivity index (χ4n) is 2.29. The molecule has 0 saturated carbocycles. The topological polar surface area (TPSA) is 88.1 Å². The Hall–Kier alpha value is -1.34. The molecular weight excluding hydrogens is 276 g/mol. The van der Waals surface area contributed by atoms with Crippen LogP contribution >= 0.6 is 0 Å². The van der Waals surface area contributed by atoms with Crippen LogP contribution in [0.25, 0.3) is 0 Å². The van der Waals surface area contributed by atoms with Crippen molar-refractivity contribution in [1.29, 1.82) is 0 Å². The molecule has 2 N–H and O–H groups in total. The number of hydrogen-bond acceptors (Lipinski definition) is 6. The molecule has 1 saturated heterocycles. The fourth-order valence-corrected chi connectivity index (χ4v) is 2.29. The van der Waals surface area contributed by atoms with Gasteiger partial charge in [-0.05, 0) is 39.7 Å². The third-order valence-electron chi connectivity index (χ3n) is 3.33. The van der Waals surface area contributed by atoms with Gasteiger partial charge in [0.05, 0.1) is 7.11 Å². The highest BCUT2D eigenvalue weighted by atomic mass is 16.6. The number of methoxy groups -OCH3 is 1. The quantitative estimate of drug-likeness (QED) is 0.713. The Bertz CT molecular complexity index is 367. The third-order valence-corrected chi connectivity index (χ3v) is 3.33. The number of alkyl carbamates (subject to hydrolysis) is 1. The van der Waals surface area contributed by atoms with Gasteiger partial charge in [0.2, 0.25) is 0 Å². The van der Waals surface area contributed by atoms with Crippen LogP contribution in [0.15, 0.2) is 0 Å². The maximum atomic E-state index is 11.9. The predicted molar refractivity (Wildman–Crippen MR) is 76.8 cm³/mol. The van der Waals surface area contributed by atoms with E-state index in [2.05, 4.69) is 5.32 Å². The van der Waals surface area contributed by atoms with Crippen molar-refractivity contribution < 1.29 is 24.2 Å². The average Bonchev–Trinajstić information content (AvgIpc) is 2.85. The van der Waals surface area contributed by atoms with Gasteiger partial charge < -0.3 is 19.9 Å². The van der Waals surface area contributed by atoms with Gasteiger partial charge in [0, 0.05) is 19.7 Å². The van der Waals surface area contributed by atoms with E-state index in [0.29, 0.717) is 13.1 Å². The highest BCUT2D eigenvalue weighted by molar-refractivity contribution is 5.77. The molecule has 0 aromatic carbocycles. The summed E-state index contributed by atoms with van der Waals surface area (Å²) in [5.74, 6) is -0.233. The first-order valence-electron chi connectivity index (χ1n) is 7.16. The van der Waals surface area contributed by atoms with Gasteiger partial charge in [-0.2, -0.15) is 0 Å². The summed E-state index contributed by atoms with van der Waals surface area (Å²) < 4.78 is 9.94. The van der Waals surface area contributed by atoms with Crippen molar-refractivity contribution in [2.45, 2.75) is 38.8 Å². The van der Waals surface area contributed by atoms with E-state index in [1.807, 2.05) is 4.90 Å². The molecule has 21 heavy (non-hydrogen) atoms. The number of ether oxygens (including phenoxy) is 2. The van der Waals surface area contributed by atoms with Crippen molar-refractivity contribution in [3.05, 3.63) is 0 Å². The standard InChI is InChI=1S/C14H26N2O5/c1-14(2,3)21-13(19)15-7-11(12(18)20-4)16-6-5-10(8-16)9-17/h10-11,17H,5-9H2,1-4H3,(H,15,19)/t10-,11-/m0/s1. The molecule has 0 bridgehead atoms. The van der Waals surface area contributed by atoms with E-state index in [1.54, 1.807) is 20.8 Å². The van der Waals surface area contributed by atoms with Crippen LogP contribution in [0.5, 0.6) is 0 Å². The normalized spacial score (nSPS) is 20.9. The lowest BCUT2D eigenvalue weighted by Crippen LogP contribution is -2.49. The molecule has 0 unspecified atom stereocenters. The van der Waals surface area contributed by atoms with Gasteiger partial charge in [-0.25, -0.2) is 4.79 Å². The summed E-state index contributed by atoms with van der Waals surface area (Å²) in [5.41, 5.74) is -0.583. The first-order chi connectivity index (χ1) is 9.76. The summed E-state index contributed by atoms with van der Waals surface area (Å²) in [5, 5.41) is 11.8. The van der Waals surface area contributed by atoms with Crippen molar-refractivity contribution in [1.82, 2.24) is 10.2 Å². The number of aliphatic hydroxyl groups is 1. The molecule has 7 heteroatoms. The minimum Gasteiger partial charge on any atom is -0.468 e. The lowest BCUT2D eigenvalue weighted by molar-refractivity contribution is -0.146. The first kappa shape index (κ1) is 17.7. The maximum absolute atomic E-state index is 11.9. The molecule has 0 aliphatic carbocycles. The molecule has 1 fully saturated rings. The fraction of sp³-hybridized carbons (Fsp3) is 0.857. The Morgan fingerprint density at radius 1 is 1.43 bits per heavy atom. The lowest BCUT2D eigenvalue weighted by atomic mass is 10.1. The Balaban J connectivity index is 2.55. The Morgan fingerprint density at radius 2 is 2.10 bits per heavy atom. The molecular formula is C14H26N2O5. The van der Waals surface area contributed by atoms with Gasteiger partial charge in [-0.15, -0.1) is 0 Å². The number of hydrogen-bond donors (Lipinski definition) is 2. The van der Waals surface area contributed by atoms with Crippen LogP contribution in [-0.2, 0) is 14.3 Å². The second-order valence-electron chi connectivity index (χ2n) is 6.25. The molecule has 0 spiro atoms. The predicted octanol–water partition coefficient (Wildman–Crippen LogP) is 0.367. The summed E-state index contributed by atoms with van der Waals surface area (Å²) in [6.07, 6.45) is 0.269. The first-order valence-corrected chi connectivity index (χ1v) is 7.16. The second kappa shape index (κ2) is 7.61. The number of nitrogens with one attached hydrogen (secondary N) is 1. The molecule has 7 nitrogen and oxygen atoms in total. The van der Waals surface area contributed by atoms with Gasteiger partial charge >= 0.3 is 12.1 Å². The molecule has 122 valence electrons. The van der Waals surface area contributed by atoms with Crippen LogP contribution in [0.3, 0.4) is 0 Å². The van der Waals surface area contributed by atoms with E-state index in [-0.39, 0.29) is 19.1 Å². The van der Waals surface area contributed by atoms with Gasteiger partial charge in [-0.1, -0.05) is 0 Å². The second-order valence-corrected chi connectivity index (χ2v) is 6.25. The van der Waals surface area contributed by atoms with E-state index in [4.69, 9.17) is 9.47 Å². The van der Waals surface area contributed by atoms with Crippen molar-refractivity contribution in [3.63, 3.8) is 0 Å². The zero-order valence-corrected chi connectivity index (χ0v) is 13.2. The number of aliphatic hydroxyl groups excluding tert-OH is 1. The Kier molecular flexibility index (Phi) is 6.42. The molecule has 0 aromatic heterocycles. The highest BCUT2D eigenvalue weighted by Crippen LogP contribution is 2.18. The lowest BCUT2D eigenvalue weighted by Gasteiger charge is -2.26. The zero-order chi connectivity index (χ0) is 16.0. The Morgan fingerprint density at radius 3 is 2.57 bits per heavy atom. The molecule has 1 aliphatic rings. The van der Waals surface area contributed by atoms with Crippen molar-refractivity contribution in [2.24, 2.45) is 5.92 Å². The molecule has 0 aromatic rings. The number of esters is 1. The largest absolute Gasteiger partial charge is 0.468 e. The maximum Gasteiger partial charge on any atom is 0.407 e. The van der Waals surface area contributed by atoms with Gasteiger partial charge in [0.25, 0.3) is 0 Å². The molecule has 1 heterocycles. The number of likely N-dealkylation sites (tertiary alicyclic amines) is 1. The molecule has 2 atom stereocenters. The summed E-state index contributed by atoms with van der Waals surface area (Å²) in [7, 11) is 1.32. The number of amides is 1. The summed E-state index contributed by atoms with van der Waals surface area (Å²) in [4.78, 5) is 25.5. The van der Waals surface area contributed by atoms with Crippen molar-refractivity contribution in [2.75, 3.05) is 33.4 Å². The van der Waals surface area contributed by atoms with Crippen molar-refractivity contribution >= 4 is 12.1 Å². The molecule has 1 aliphatic heterocycles.